The number of benzene rings is 2. The summed E-state index contributed by atoms with van der Waals surface area (Å²) in [5.74, 6) is 0.988. The second-order valence-electron chi connectivity index (χ2n) is 5.60. The first-order valence-electron chi connectivity index (χ1n) is 7.94. The number of ether oxygens (including phenoxy) is 1. The Morgan fingerprint density at radius 2 is 1.90 bits per heavy atom. The first kappa shape index (κ1) is 14.0. The van der Waals surface area contributed by atoms with Gasteiger partial charge in [-0.3, -0.25) is 0 Å². The molecule has 1 aliphatic rings. The second-order valence-corrected chi connectivity index (χ2v) is 5.60. The fourth-order valence-electron chi connectivity index (χ4n) is 2.93. The van der Waals surface area contributed by atoms with Gasteiger partial charge in [-0.2, -0.15) is 0 Å². The SMILES string of the molecule is CCc1cccc(OC2CCCCN2c2ccccc2)c1. The Kier molecular flexibility index (Phi) is 4.44. The summed E-state index contributed by atoms with van der Waals surface area (Å²) in [6.07, 6.45) is 4.76. The number of aryl methyl sites for hydroxylation is 1. The van der Waals surface area contributed by atoms with E-state index in [0.29, 0.717) is 0 Å². The van der Waals surface area contributed by atoms with Gasteiger partial charge in [-0.05, 0) is 49.1 Å². The standard InChI is InChI=1S/C19H23NO/c1-2-16-9-8-12-18(15-16)21-19-13-6-7-14-20(19)17-10-4-3-5-11-17/h3-5,8-12,15,19H,2,6-7,13-14H2,1H3. The van der Waals surface area contributed by atoms with Crippen molar-refractivity contribution in [2.75, 3.05) is 11.4 Å². The van der Waals surface area contributed by atoms with E-state index in [2.05, 4.69) is 66.4 Å². The fraction of sp³-hybridized carbons (Fsp3) is 0.368. The summed E-state index contributed by atoms with van der Waals surface area (Å²) < 4.78 is 6.29. The van der Waals surface area contributed by atoms with E-state index in [9.17, 15) is 0 Å². The van der Waals surface area contributed by atoms with E-state index in [1.165, 1.54) is 24.1 Å². The van der Waals surface area contributed by atoms with Crippen molar-refractivity contribution in [1.29, 1.82) is 0 Å². The zero-order valence-corrected chi connectivity index (χ0v) is 12.7. The molecule has 2 aromatic carbocycles. The largest absolute Gasteiger partial charge is 0.471 e. The smallest absolute Gasteiger partial charge is 0.172 e. The normalized spacial score (nSPS) is 18.5. The first-order chi connectivity index (χ1) is 10.4. The van der Waals surface area contributed by atoms with E-state index in [1.807, 2.05) is 0 Å². The minimum absolute atomic E-state index is 0.147. The number of piperidine rings is 1. The van der Waals surface area contributed by atoms with Gasteiger partial charge in [0.25, 0.3) is 0 Å². The van der Waals surface area contributed by atoms with Gasteiger partial charge in [0.05, 0.1) is 0 Å². The molecule has 1 aliphatic heterocycles. The number of hydrogen-bond donors (Lipinski definition) is 0. The summed E-state index contributed by atoms with van der Waals surface area (Å²) in [7, 11) is 0. The maximum absolute atomic E-state index is 6.29. The Balaban J connectivity index is 1.78. The van der Waals surface area contributed by atoms with Crippen LogP contribution in [-0.4, -0.2) is 12.8 Å². The summed E-state index contributed by atoms with van der Waals surface area (Å²) in [5, 5.41) is 0. The van der Waals surface area contributed by atoms with Crippen LogP contribution in [0.15, 0.2) is 54.6 Å². The predicted octanol–water partition coefficient (Wildman–Crippen LogP) is 4.64. The predicted molar refractivity (Wildman–Crippen MR) is 87.9 cm³/mol. The van der Waals surface area contributed by atoms with Crippen LogP contribution in [0.25, 0.3) is 0 Å². The molecule has 1 heterocycles. The third kappa shape index (κ3) is 3.38. The number of hydrogen-bond acceptors (Lipinski definition) is 2. The minimum Gasteiger partial charge on any atom is -0.471 e. The van der Waals surface area contributed by atoms with Crippen LogP contribution in [0.3, 0.4) is 0 Å². The van der Waals surface area contributed by atoms with Crippen molar-refractivity contribution in [1.82, 2.24) is 0 Å². The van der Waals surface area contributed by atoms with E-state index in [0.717, 1.165) is 25.1 Å². The summed E-state index contributed by atoms with van der Waals surface area (Å²) >= 11 is 0. The van der Waals surface area contributed by atoms with Gasteiger partial charge in [0.15, 0.2) is 6.23 Å². The Hall–Kier alpha value is -1.96. The van der Waals surface area contributed by atoms with E-state index >= 15 is 0 Å². The molecule has 21 heavy (non-hydrogen) atoms. The molecule has 0 spiro atoms. The molecule has 0 radical (unpaired) electrons. The molecule has 1 atom stereocenters. The minimum atomic E-state index is 0.147. The molecule has 0 bridgehead atoms. The molecule has 2 heteroatoms. The average Bonchev–Trinajstić information content (AvgIpc) is 2.56. The highest BCUT2D eigenvalue weighted by molar-refractivity contribution is 5.47. The van der Waals surface area contributed by atoms with Crippen molar-refractivity contribution in [2.24, 2.45) is 0 Å². The average molecular weight is 281 g/mol. The molecule has 0 aliphatic carbocycles. The number of rotatable bonds is 4. The molecule has 3 rings (SSSR count). The lowest BCUT2D eigenvalue weighted by Crippen LogP contribution is -2.43. The van der Waals surface area contributed by atoms with Crippen LogP contribution in [0.1, 0.15) is 31.7 Å². The van der Waals surface area contributed by atoms with Gasteiger partial charge in [0, 0.05) is 18.7 Å². The summed E-state index contributed by atoms with van der Waals surface area (Å²) in [5.41, 5.74) is 2.59. The molecule has 110 valence electrons. The quantitative estimate of drug-likeness (QED) is 0.809. The Labute approximate surface area is 127 Å². The molecular formula is C19H23NO. The molecule has 2 aromatic rings. The highest BCUT2D eigenvalue weighted by Crippen LogP contribution is 2.27. The van der Waals surface area contributed by atoms with Crippen LogP contribution in [0.2, 0.25) is 0 Å². The molecule has 1 saturated heterocycles. The van der Waals surface area contributed by atoms with Crippen molar-refractivity contribution in [3.05, 3.63) is 60.2 Å². The van der Waals surface area contributed by atoms with E-state index < -0.39 is 0 Å². The second kappa shape index (κ2) is 6.66. The van der Waals surface area contributed by atoms with Gasteiger partial charge >= 0.3 is 0 Å². The molecule has 1 unspecified atom stereocenters. The molecule has 1 fully saturated rings. The third-order valence-corrected chi connectivity index (χ3v) is 4.11. The van der Waals surface area contributed by atoms with Gasteiger partial charge in [-0.1, -0.05) is 37.3 Å². The molecule has 0 amide bonds. The summed E-state index contributed by atoms with van der Waals surface area (Å²) in [6, 6.07) is 19.1. The van der Waals surface area contributed by atoms with Crippen molar-refractivity contribution in [3.8, 4) is 5.75 Å². The Morgan fingerprint density at radius 1 is 1.05 bits per heavy atom. The van der Waals surface area contributed by atoms with Crippen molar-refractivity contribution >= 4 is 5.69 Å². The molecular weight excluding hydrogens is 258 g/mol. The van der Waals surface area contributed by atoms with Crippen LogP contribution >= 0.6 is 0 Å². The maximum atomic E-state index is 6.29. The van der Waals surface area contributed by atoms with E-state index in [-0.39, 0.29) is 6.23 Å². The third-order valence-electron chi connectivity index (χ3n) is 4.11. The topological polar surface area (TPSA) is 12.5 Å². The van der Waals surface area contributed by atoms with E-state index in [1.54, 1.807) is 0 Å². The van der Waals surface area contributed by atoms with Crippen LogP contribution in [0, 0.1) is 0 Å². The van der Waals surface area contributed by atoms with Gasteiger partial charge in [-0.15, -0.1) is 0 Å². The number of nitrogens with zero attached hydrogens (tertiary/aromatic N) is 1. The summed E-state index contributed by atoms with van der Waals surface area (Å²) in [4.78, 5) is 2.39. The van der Waals surface area contributed by atoms with Crippen molar-refractivity contribution in [3.63, 3.8) is 0 Å². The lowest BCUT2D eigenvalue weighted by Gasteiger charge is -2.37. The lowest BCUT2D eigenvalue weighted by molar-refractivity contribution is 0.165. The Morgan fingerprint density at radius 3 is 2.71 bits per heavy atom. The highest BCUT2D eigenvalue weighted by atomic mass is 16.5. The van der Waals surface area contributed by atoms with Gasteiger partial charge in [0.2, 0.25) is 0 Å². The lowest BCUT2D eigenvalue weighted by atomic mass is 10.1. The van der Waals surface area contributed by atoms with Gasteiger partial charge in [0.1, 0.15) is 5.75 Å². The zero-order chi connectivity index (χ0) is 14.5. The van der Waals surface area contributed by atoms with Gasteiger partial charge in [-0.25, -0.2) is 0 Å². The van der Waals surface area contributed by atoms with E-state index in [4.69, 9.17) is 4.74 Å². The monoisotopic (exact) mass is 281 g/mol. The van der Waals surface area contributed by atoms with Crippen LogP contribution < -0.4 is 9.64 Å². The molecule has 2 nitrogen and oxygen atoms in total. The van der Waals surface area contributed by atoms with Crippen molar-refractivity contribution in [2.45, 2.75) is 38.8 Å². The van der Waals surface area contributed by atoms with Crippen molar-refractivity contribution < 1.29 is 4.74 Å². The molecule has 0 aromatic heterocycles. The van der Waals surface area contributed by atoms with Crippen LogP contribution in [0.5, 0.6) is 5.75 Å². The first-order valence-corrected chi connectivity index (χ1v) is 7.94. The zero-order valence-electron chi connectivity index (χ0n) is 12.7. The van der Waals surface area contributed by atoms with Gasteiger partial charge < -0.3 is 9.64 Å². The number of para-hydroxylation sites is 1. The van der Waals surface area contributed by atoms with Crippen LogP contribution in [-0.2, 0) is 6.42 Å². The fourth-order valence-corrected chi connectivity index (χ4v) is 2.93. The Bertz CT molecular complexity index is 567. The number of anilines is 1. The molecule has 0 saturated carbocycles. The molecule has 0 N–H and O–H groups in total. The summed E-state index contributed by atoms with van der Waals surface area (Å²) in [6.45, 7) is 3.25. The maximum Gasteiger partial charge on any atom is 0.172 e. The highest BCUT2D eigenvalue weighted by Gasteiger charge is 2.24. The van der Waals surface area contributed by atoms with Crippen LogP contribution in [0.4, 0.5) is 5.69 Å².